The van der Waals surface area contributed by atoms with Gasteiger partial charge in [-0.25, -0.2) is 4.98 Å². The molecule has 3 nitrogen and oxygen atoms in total. The average Bonchev–Trinajstić information content (AvgIpc) is 2.99. The summed E-state index contributed by atoms with van der Waals surface area (Å²) < 4.78 is 1.51. The normalized spacial score (nSPS) is 20.5. The molecule has 0 radical (unpaired) electrons. The topological polar surface area (TPSA) is 43.8 Å². The Hall–Kier alpha value is -2.26. The summed E-state index contributed by atoms with van der Waals surface area (Å²) in [5, 5.41) is 1.56. The Kier molecular flexibility index (Phi) is 3.67. The summed E-state index contributed by atoms with van der Waals surface area (Å²) in [6.07, 6.45) is 11.8. The second-order valence-electron chi connectivity index (χ2n) is 5.44. The zero-order valence-electron chi connectivity index (χ0n) is 12.7. The highest BCUT2D eigenvalue weighted by atomic mass is 35.5. The van der Waals surface area contributed by atoms with Crippen molar-refractivity contribution in [3.63, 3.8) is 0 Å². The Morgan fingerprint density at radius 1 is 1.45 bits per heavy atom. The lowest BCUT2D eigenvalue weighted by Crippen LogP contribution is -2.06. The fourth-order valence-corrected chi connectivity index (χ4v) is 3.16. The molecule has 0 amide bonds. The lowest BCUT2D eigenvalue weighted by molar-refractivity contribution is 0.910. The van der Waals surface area contributed by atoms with Crippen molar-refractivity contribution in [1.82, 2.24) is 9.66 Å². The van der Waals surface area contributed by atoms with Crippen molar-refractivity contribution in [2.24, 2.45) is 5.92 Å². The van der Waals surface area contributed by atoms with Crippen LogP contribution in [0.3, 0.4) is 0 Å². The molecule has 2 aromatic heterocycles. The summed E-state index contributed by atoms with van der Waals surface area (Å²) in [7, 11) is 0. The summed E-state index contributed by atoms with van der Waals surface area (Å²) in [6.45, 7) is 8.43. The van der Waals surface area contributed by atoms with Crippen molar-refractivity contribution < 1.29 is 0 Å². The van der Waals surface area contributed by atoms with Crippen molar-refractivity contribution in [2.45, 2.75) is 13.8 Å². The number of pyridine rings is 1. The third kappa shape index (κ3) is 2.18. The molecular weight excluding hydrogens is 294 g/mol. The third-order valence-electron chi connectivity index (χ3n) is 4.01. The number of halogens is 1. The average molecular weight is 312 g/mol. The molecule has 0 aromatic carbocycles. The van der Waals surface area contributed by atoms with Crippen molar-refractivity contribution in [3.05, 3.63) is 71.1 Å². The van der Waals surface area contributed by atoms with E-state index in [1.54, 1.807) is 12.4 Å². The summed E-state index contributed by atoms with van der Waals surface area (Å²) >= 11 is 6.43. The van der Waals surface area contributed by atoms with Gasteiger partial charge in [0.15, 0.2) is 5.65 Å². The van der Waals surface area contributed by atoms with E-state index in [2.05, 4.69) is 30.6 Å². The van der Waals surface area contributed by atoms with Crippen LogP contribution in [-0.4, -0.2) is 9.66 Å². The fourth-order valence-electron chi connectivity index (χ4n) is 2.91. The van der Waals surface area contributed by atoms with Crippen LogP contribution < -0.4 is 5.84 Å². The molecule has 0 spiro atoms. The van der Waals surface area contributed by atoms with Crippen LogP contribution in [0.4, 0.5) is 0 Å². The molecule has 112 valence electrons. The molecular formula is C18H18ClN3. The van der Waals surface area contributed by atoms with Crippen LogP contribution >= 0.6 is 11.6 Å². The van der Waals surface area contributed by atoms with Gasteiger partial charge in [-0.1, -0.05) is 49.4 Å². The number of fused-ring (bicyclic) bond motifs is 1. The maximum atomic E-state index is 6.43. The first-order valence-electron chi connectivity index (χ1n) is 7.20. The van der Waals surface area contributed by atoms with E-state index in [1.165, 1.54) is 10.2 Å². The van der Waals surface area contributed by atoms with Crippen LogP contribution in [0, 0.1) is 5.92 Å². The Morgan fingerprint density at radius 2 is 2.23 bits per heavy atom. The van der Waals surface area contributed by atoms with Crippen LogP contribution in [-0.2, 0) is 0 Å². The third-order valence-corrected chi connectivity index (χ3v) is 4.30. The van der Waals surface area contributed by atoms with Gasteiger partial charge in [0.1, 0.15) is 0 Å². The van der Waals surface area contributed by atoms with E-state index in [0.29, 0.717) is 16.6 Å². The Morgan fingerprint density at radius 3 is 2.95 bits per heavy atom. The second kappa shape index (κ2) is 5.50. The molecule has 1 unspecified atom stereocenters. The molecule has 0 saturated carbocycles. The van der Waals surface area contributed by atoms with Crippen LogP contribution in [0.2, 0.25) is 5.02 Å². The summed E-state index contributed by atoms with van der Waals surface area (Å²) in [5.41, 5.74) is 4.95. The lowest BCUT2D eigenvalue weighted by atomic mass is 9.96. The smallest absolute Gasteiger partial charge is 0.158 e. The Balaban J connectivity index is 2.19. The predicted molar refractivity (Wildman–Crippen MR) is 94.1 cm³/mol. The minimum atomic E-state index is 0.304. The van der Waals surface area contributed by atoms with Crippen molar-refractivity contribution in [2.75, 3.05) is 5.84 Å². The Labute approximate surface area is 135 Å². The first-order valence-corrected chi connectivity index (χ1v) is 7.57. The number of nitrogen functional groups attached to an aromatic ring is 1. The molecule has 0 bridgehead atoms. The molecule has 2 heterocycles. The lowest BCUT2D eigenvalue weighted by Gasteiger charge is -2.10. The van der Waals surface area contributed by atoms with Gasteiger partial charge in [0, 0.05) is 29.3 Å². The van der Waals surface area contributed by atoms with Gasteiger partial charge in [-0.05, 0) is 29.7 Å². The van der Waals surface area contributed by atoms with Crippen LogP contribution in [0.1, 0.15) is 19.4 Å². The van der Waals surface area contributed by atoms with E-state index in [1.807, 2.05) is 25.1 Å². The number of rotatable bonds is 2. The Bertz CT molecular complexity index is 853. The molecule has 0 aliphatic heterocycles. The van der Waals surface area contributed by atoms with Gasteiger partial charge in [0.05, 0.1) is 5.02 Å². The number of aromatic nitrogens is 2. The molecule has 1 aliphatic rings. The first-order chi connectivity index (χ1) is 10.5. The van der Waals surface area contributed by atoms with Gasteiger partial charge < -0.3 is 5.84 Å². The largest absolute Gasteiger partial charge is 0.338 e. The number of nitrogens with two attached hydrogens (primary N) is 1. The van der Waals surface area contributed by atoms with E-state index < -0.39 is 0 Å². The summed E-state index contributed by atoms with van der Waals surface area (Å²) in [4.78, 5) is 4.31. The molecule has 0 saturated heterocycles. The number of nitrogens with zero attached hydrogens (tertiary/aromatic N) is 2. The molecule has 22 heavy (non-hydrogen) atoms. The van der Waals surface area contributed by atoms with E-state index in [9.17, 15) is 0 Å². The summed E-state index contributed by atoms with van der Waals surface area (Å²) in [5.74, 6) is 6.20. The number of hydrogen-bond donors (Lipinski definition) is 1. The maximum Gasteiger partial charge on any atom is 0.158 e. The van der Waals surface area contributed by atoms with Gasteiger partial charge in [-0.3, -0.25) is 4.68 Å². The molecule has 2 aromatic rings. The van der Waals surface area contributed by atoms with Crippen molar-refractivity contribution in [1.29, 1.82) is 0 Å². The van der Waals surface area contributed by atoms with Crippen molar-refractivity contribution in [3.8, 4) is 0 Å². The highest BCUT2D eigenvalue weighted by molar-refractivity contribution is 6.33. The molecule has 1 atom stereocenters. The minimum Gasteiger partial charge on any atom is -0.338 e. The van der Waals surface area contributed by atoms with Gasteiger partial charge in [0.2, 0.25) is 0 Å². The fraction of sp³-hybridized carbons (Fsp3) is 0.167. The summed E-state index contributed by atoms with van der Waals surface area (Å²) in [6, 6.07) is 1.94. The molecule has 4 heteroatoms. The standard InChI is InChI=1S/C18H18ClN3/c1-4-5-6-13-11(2)9-15(12(13)3)17-14-7-8-22(20)18(14)21-10-16(17)19/h4-11H,3,20H2,1-2H3/b5-4-,13-6-. The zero-order valence-corrected chi connectivity index (χ0v) is 13.4. The number of hydrogen-bond acceptors (Lipinski definition) is 2. The van der Waals surface area contributed by atoms with Crippen LogP contribution in [0.25, 0.3) is 16.6 Å². The van der Waals surface area contributed by atoms with Crippen molar-refractivity contribution >= 4 is 28.2 Å². The second-order valence-corrected chi connectivity index (χ2v) is 5.84. The monoisotopic (exact) mass is 311 g/mol. The molecule has 1 aliphatic carbocycles. The molecule has 2 N–H and O–H groups in total. The van der Waals surface area contributed by atoms with E-state index in [4.69, 9.17) is 17.4 Å². The SMILES string of the molecule is C=C1C(c2c(Cl)cnc3c2ccn3N)=CC(C)/C1=C/C=C\C. The quantitative estimate of drug-likeness (QED) is 0.830. The number of allylic oxidation sites excluding steroid dienone is 7. The minimum absolute atomic E-state index is 0.304. The van der Waals surface area contributed by atoms with E-state index in [0.717, 1.165) is 22.1 Å². The first kappa shape index (κ1) is 14.7. The van der Waals surface area contributed by atoms with Gasteiger partial charge >= 0.3 is 0 Å². The molecule has 0 fully saturated rings. The van der Waals surface area contributed by atoms with Gasteiger partial charge in [-0.2, -0.15) is 0 Å². The highest BCUT2D eigenvalue weighted by Crippen LogP contribution is 2.44. The highest BCUT2D eigenvalue weighted by Gasteiger charge is 2.25. The molecule has 3 rings (SSSR count). The van der Waals surface area contributed by atoms with Gasteiger partial charge in [-0.15, -0.1) is 0 Å². The maximum absolute atomic E-state index is 6.43. The van der Waals surface area contributed by atoms with Gasteiger partial charge in [0.25, 0.3) is 0 Å². The zero-order chi connectivity index (χ0) is 15.9. The van der Waals surface area contributed by atoms with Crippen LogP contribution in [0.5, 0.6) is 0 Å². The van der Waals surface area contributed by atoms with E-state index >= 15 is 0 Å². The predicted octanol–water partition coefficient (Wildman–Crippen LogP) is 4.50. The van der Waals surface area contributed by atoms with Crippen LogP contribution in [0.15, 0.2) is 60.5 Å². The van der Waals surface area contributed by atoms with E-state index in [-0.39, 0.29) is 0 Å².